The standard InChI is InChI=1S/C17H35N3O3S/c1-5-18-16(19-9-10-23-11-12-24(4,21)22)20-14-17(7-6-8-17)13-15(2)3/h15H,5-14H2,1-4H3,(H2,18,19,20). The molecule has 0 unspecified atom stereocenters. The van der Waals surface area contributed by atoms with E-state index in [1.54, 1.807) is 0 Å². The summed E-state index contributed by atoms with van der Waals surface area (Å²) in [4.78, 5) is 4.76. The fourth-order valence-electron chi connectivity index (χ4n) is 3.11. The Balaban J connectivity index is 2.34. The van der Waals surface area contributed by atoms with E-state index < -0.39 is 9.84 Å². The van der Waals surface area contributed by atoms with Crippen LogP contribution in [-0.4, -0.2) is 59.2 Å². The van der Waals surface area contributed by atoms with E-state index in [9.17, 15) is 8.42 Å². The first-order valence-corrected chi connectivity index (χ1v) is 11.1. The number of ether oxygens (including phenoxy) is 1. The van der Waals surface area contributed by atoms with Gasteiger partial charge in [-0.3, -0.25) is 4.99 Å². The lowest BCUT2D eigenvalue weighted by Crippen LogP contribution is -2.41. The van der Waals surface area contributed by atoms with Crippen molar-refractivity contribution in [3.8, 4) is 0 Å². The fourth-order valence-corrected chi connectivity index (χ4v) is 3.53. The van der Waals surface area contributed by atoms with Crippen molar-refractivity contribution in [2.24, 2.45) is 16.3 Å². The van der Waals surface area contributed by atoms with Gasteiger partial charge >= 0.3 is 0 Å². The van der Waals surface area contributed by atoms with Crippen molar-refractivity contribution in [2.45, 2.75) is 46.5 Å². The normalized spacial score (nSPS) is 17.6. The van der Waals surface area contributed by atoms with Crippen LogP contribution in [0.3, 0.4) is 0 Å². The second-order valence-electron chi connectivity index (χ2n) is 7.32. The fraction of sp³-hybridized carbons (Fsp3) is 0.941. The van der Waals surface area contributed by atoms with Crippen molar-refractivity contribution >= 4 is 15.8 Å². The highest BCUT2D eigenvalue weighted by molar-refractivity contribution is 7.90. The second-order valence-corrected chi connectivity index (χ2v) is 9.58. The van der Waals surface area contributed by atoms with Crippen molar-refractivity contribution in [2.75, 3.05) is 44.9 Å². The van der Waals surface area contributed by atoms with Crippen molar-refractivity contribution < 1.29 is 13.2 Å². The number of nitrogens with one attached hydrogen (secondary N) is 2. The van der Waals surface area contributed by atoms with Gasteiger partial charge in [0.15, 0.2) is 5.96 Å². The summed E-state index contributed by atoms with van der Waals surface area (Å²) in [6.07, 6.45) is 6.34. The van der Waals surface area contributed by atoms with Gasteiger partial charge in [0.05, 0.1) is 19.0 Å². The number of hydrogen-bond acceptors (Lipinski definition) is 4. The van der Waals surface area contributed by atoms with Gasteiger partial charge in [0.1, 0.15) is 9.84 Å². The van der Waals surface area contributed by atoms with Crippen LogP contribution in [0.25, 0.3) is 0 Å². The first-order valence-electron chi connectivity index (χ1n) is 9.04. The molecule has 1 aliphatic carbocycles. The smallest absolute Gasteiger partial charge is 0.191 e. The highest BCUT2D eigenvalue weighted by Crippen LogP contribution is 2.46. The lowest BCUT2D eigenvalue weighted by molar-refractivity contribution is 0.111. The molecule has 1 rings (SSSR count). The van der Waals surface area contributed by atoms with E-state index in [2.05, 4.69) is 24.5 Å². The van der Waals surface area contributed by atoms with E-state index >= 15 is 0 Å². The molecule has 24 heavy (non-hydrogen) atoms. The molecule has 2 N–H and O–H groups in total. The highest BCUT2D eigenvalue weighted by atomic mass is 32.2. The minimum absolute atomic E-state index is 0.0683. The Morgan fingerprint density at radius 2 is 1.96 bits per heavy atom. The van der Waals surface area contributed by atoms with Crippen molar-refractivity contribution in [3.63, 3.8) is 0 Å². The van der Waals surface area contributed by atoms with Crippen LogP contribution in [0.2, 0.25) is 0 Å². The van der Waals surface area contributed by atoms with Crippen LogP contribution in [0.15, 0.2) is 4.99 Å². The summed E-state index contributed by atoms with van der Waals surface area (Å²) >= 11 is 0. The first kappa shape index (κ1) is 21.2. The van der Waals surface area contributed by atoms with E-state index in [1.165, 1.54) is 31.9 Å². The Bertz CT molecular complexity index is 485. The molecule has 0 aromatic heterocycles. The predicted octanol–water partition coefficient (Wildman–Crippen LogP) is 1.82. The van der Waals surface area contributed by atoms with Gasteiger partial charge < -0.3 is 15.4 Å². The molecule has 7 heteroatoms. The molecule has 0 bridgehead atoms. The summed E-state index contributed by atoms with van der Waals surface area (Å²) in [6, 6.07) is 0. The van der Waals surface area contributed by atoms with Crippen LogP contribution < -0.4 is 10.6 Å². The van der Waals surface area contributed by atoms with Gasteiger partial charge in [0, 0.05) is 25.9 Å². The third-order valence-electron chi connectivity index (χ3n) is 4.31. The minimum atomic E-state index is -2.95. The van der Waals surface area contributed by atoms with Crippen LogP contribution in [0, 0.1) is 11.3 Å². The lowest BCUT2D eigenvalue weighted by atomic mass is 9.64. The van der Waals surface area contributed by atoms with E-state index in [0.29, 0.717) is 24.5 Å². The predicted molar refractivity (Wildman–Crippen MR) is 100 cm³/mol. The van der Waals surface area contributed by atoms with Gasteiger partial charge in [-0.25, -0.2) is 8.42 Å². The molecule has 0 heterocycles. The zero-order valence-electron chi connectivity index (χ0n) is 15.7. The van der Waals surface area contributed by atoms with Crippen LogP contribution in [-0.2, 0) is 14.6 Å². The highest BCUT2D eigenvalue weighted by Gasteiger charge is 2.37. The summed E-state index contributed by atoms with van der Waals surface area (Å²) in [6.45, 7) is 9.62. The van der Waals surface area contributed by atoms with E-state index in [4.69, 9.17) is 9.73 Å². The maximum Gasteiger partial charge on any atom is 0.191 e. The Morgan fingerprint density at radius 1 is 1.25 bits per heavy atom. The minimum Gasteiger partial charge on any atom is -0.379 e. The molecule has 0 radical (unpaired) electrons. The zero-order chi connectivity index (χ0) is 18.1. The van der Waals surface area contributed by atoms with Crippen LogP contribution in [0.1, 0.15) is 46.5 Å². The maximum atomic E-state index is 11.0. The summed E-state index contributed by atoms with van der Waals surface area (Å²) < 4.78 is 27.4. The molecule has 1 fully saturated rings. The largest absolute Gasteiger partial charge is 0.379 e. The van der Waals surface area contributed by atoms with Crippen LogP contribution in [0.4, 0.5) is 0 Å². The molecule has 6 nitrogen and oxygen atoms in total. The number of rotatable bonds is 11. The molecule has 1 aliphatic rings. The van der Waals surface area contributed by atoms with Crippen LogP contribution >= 0.6 is 0 Å². The average molecular weight is 362 g/mol. The summed E-state index contributed by atoms with van der Waals surface area (Å²) in [5.41, 5.74) is 0.391. The Labute approximate surface area is 147 Å². The molecule has 142 valence electrons. The molecule has 0 atom stereocenters. The molecular weight excluding hydrogens is 326 g/mol. The molecule has 1 saturated carbocycles. The number of hydrogen-bond donors (Lipinski definition) is 2. The zero-order valence-corrected chi connectivity index (χ0v) is 16.5. The van der Waals surface area contributed by atoms with Gasteiger partial charge in [-0.2, -0.15) is 0 Å². The maximum absolute atomic E-state index is 11.0. The van der Waals surface area contributed by atoms with Gasteiger partial charge in [-0.1, -0.05) is 20.3 Å². The second kappa shape index (κ2) is 10.2. The van der Waals surface area contributed by atoms with Crippen molar-refractivity contribution in [3.05, 3.63) is 0 Å². The summed E-state index contributed by atoms with van der Waals surface area (Å²) in [5, 5.41) is 6.52. The molecular formula is C17H35N3O3S. The Morgan fingerprint density at radius 3 is 2.46 bits per heavy atom. The quantitative estimate of drug-likeness (QED) is 0.333. The monoisotopic (exact) mass is 361 g/mol. The topological polar surface area (TPSA) is 79.8 Å². The Hall–Kier alpha value is -0.820. The number of guanidine groups is 1. The van der Waals surface area contributed by atoms with E-state index in [0.717, 1.165) is 19.0 Å². The molecule has 0 spiro atoms. The molecule has 0 amide bonds. The average Bonchev–Trinajstić information content (AvgIpc) is 2.43. The van der Waals surface area contributed by atoms with Crippen LogP contribution in [0.5, 0.6) is 0 Å². The summed E-state index contributed by atoms with van der Waals surface area (Å²) in [7, 11) is -2.95. The molecule has 0 aliphatic heterocycles. The number of nitrogens with zero attached hydrogens (tertiary/aromatic N) is 1. The van der Waals surface area contributed by atoms with Gasteiger partial charge in [0.25, 0.3) is 0 Å². The third-order valence-corrected chi connectivity index (χ3v) is 5.22. The van der Waals surface area contributed by atoms with Crippen molar-refractivity contribution in [1.29, 1.82) is 0 Å². The third kappa shape index (κ3) is 8.87. The van der Waals surface area contributed by atoms with E-state index in [1.807, 2.05) is 6.92 Å². The van der Waals surface area contributed by atoms with Crippen molar-refractivity contribution in [1.82, 2.24) is 10.6 Å². The molecule has 0 saturated heterocycles. The SMILES string of the molecule is CCNC(=NCC1(CC(C)C)CCC1)NCCOCCS(C)(=O)=O. The van der Waals surface area contributed by atoms with E-state index in [-0.39, 0.29) is 12.4 Å². The van der Waals surface area contributed by atoms with Gasteiger partial charge in [-0.05, 0) is 37.5 Å². The van der Waals surface area contributed by atoms with Gasteiger partial charge in [-0.15, -0.1) is 0 Å². The van der Waals surface area contributed by atoms with Gasteiger partial charge in [0.2, 0.25) is 0 Å². The molecule has 0 aromatic carbocycles. The number of aliphatic imine (C=N–C) groups is 1. The lowest BCUT2D eigenvalue weighted by Gasteiger charge is -2.42. The molecule has 0 aromatic rings. The summed E-state index contributed by atoms with van der Waals surface area (Å²) in [5.74, 6) is 1.59. The first-order chi connectivity index (χ1) is 11.3. The Kier molecular flexibility index (Phi) is 9.05. The number of sulfone groups is 1.